The zero-order chi connectivity index (χ0) is 17.4. The molecule has 0 atom stereocenters. The summed E-state index contributed by atoms with van der Waals surface area (Å²) in [6.45, 7) is 4.02. The third-order valence-electron chi connectivity index (χ3n) is 4.62. The van der Waals surface area contributed by atoms with Crippen molar-refractivity contribution in [3.63, 3.8) is 0 Å². The molecule has 1 amide bonds. The predicted molar refractivity (Wildman–Crippen MR) is 99.5 cm³/mol. The van der Waals surface area contributed by atoms with Crippen LogP contribution in [0.15, 0.2) is 48.5 Å². The van der Waals surface area contributed by atoms with Crippen molar-refractivity contribution in [3.05, 3.63) is 76.5 Å². The van der Waals surface area contributed by atoms with Crippen molar-refractivity contribution in [1.29, 1.82) is 0 Å². The van der Waals surface area contributed by atoms with Gasteiger partial charge in [0, 0.05) is 11.1 Å². The van der Waals surface area contributed by atoms with Gasteiger partial charge in [0.05, 0.1) is 11.4 Å². The molecule has 3 aromatic rings. The Bertz CT molecular complexity index is 921. The molecule has 0 fully saturated rings. The van der Waals surface area contributed by atoms with Crippen LogP contribution in [0.1, 0.15) is 39.2 Å². The highest BCUT2D eigenvalue weighted by Crippen LogP contribution is 2.31. The van der Waals surface area contributed by atoms with Crippen molar-refractivity contribution in [2.75, 3.05) is 5.32 Å². The normalized spacial score (nSPS) is 12.9. The zero-order valence-corrected chi connectivity index (χ0v) is 14.5. The molecule has 0 aliphatic heterocycles. The summed E-state index contributed by atoms with van der Waals surface area (Å²) in [6.07, 6.45) is 3.03. The van der Waals surface area contributed by atoms with E-state index in [1.165, 1.54) is 5.56 Å². The average Bonchev–Trinajstić information content (AvgIpc) is 3.17. The van der Waals surface area contributed by atoms with Gasteiger partial charge in [0.15, 0.2) is 0 Å². The maximum absolute atomic E-state index is 12.8. The highest BCUT2D eigenvalue weighted by atomic mass is 16.1. The van der Waals surface area contributed by atoms with Gasteiger partial charge in [0.2, 0.25) is 0 Å². The first kappa shape index (κ1) is 15.6. The van der Waals surface area contributed by atoms with Crippen LogP contribution in [0.4, 0.5) is 5.82 Å². The Morgan fingerprint density at radius 2 is 1.76 bits per heavy atom. The third-order valence-corrected chi connectivity index (χ3v) is 4.62. The Kier molecular flexibility index (Phi) is 3.88. The summed E-state index contributed by atoms with van der Waals surface area (Å²) in [5, 5.41) is 7.87. The second kappa shape index (κ2) is 6.20. The molecule has 0 radical (unpaired) electrons. The monoisotopic (exact) mass is 331 g/mol. The summed E-state index contributed by atoms with van der Waals surface area (Å²) in [5.41, 5.74) is 6.10. The molecule has 1 aliphatic rings. The topological polar surface area (TPSA) is 46.9 Å². The van der Waals surface area contributed by atoms with Crippen LogP contribution in [0.25, 0.3) is 5.69 Å². The van der Waals surface area contributed by atoms with Gasteiger partial charge >= 0.3 is 0 Å². The lowest BCUT2D eigenvalue weighted by Crippen LogP contribution is -2.16. The molecule has 4 heteroatoms. The Morgan fingerprint density at radius 1 is 1.04 bits per heavy atom. The van der Waals surface area contributed by atoms with Crippen LogP contribution in [-0.2, 0) is 12.8 Å². The van der Waals surface area contributed by atoms with Gasteiger partial charge < -0.3 is 5.32 Å². The Labute approximate surface area is 147 Å². The molecule has 0 saturated heterocycles. The molecule has 0 unspecified atom stereocenters. The molecule has 0 saturated carbocycles. The van der Waals surface area contributed by atoms with Crippen LogP contribution in [-0.4, -0.2) is 15.7 Å². The minimum absolute atomic E-state index is 0.0846. The van der Waals surface area contributed by atoms with Gasteiger partial charge in [0.1, 0.15) is 5.82 Å². The van der Waals surface area contributed by atoms with Crippen molar-refractivity contribution < 1.29 is 4.79 Å². The summed E-state index contributed by atoms with van der Waals surface area (Å²) < 4.78 is 1.87. The maximum atomic E-state index is 12.8. The second-order valence-electron chi connectivity index (χ2n) is 6.71. The van der Waals surface area contributed by atoms with E-state index < -0.39 is 0 Å². The fraction of sp³-hybridized carbons (Fsp3) is 0.238. The Balaban J connectivity index is 1.74. The van der Waals surface area contributed by atoms with Crippen molar-refractivity contribution >= 4 is 11.7 Å². The number of hydrogen-bond donors (Lipinski definition) is 1. The number of aryl methyl sites for hydroxylation is 3. The molecule has 4 nitrogen and oxygen atoms in total. The largest absolute Gasteiger partial charge is 0.306 e. The third kappa shape index (κ3) is 2.95. The average molecular weight is 331 g/mol. The minimum Gasteiger partial charge on any atom is -0.306 e. The van der Waals surface area contributed by atoms with Crippen LogP contribution < -0.4 is 5.32 Å². The van der Waals surface area contributed by atoms with Crippen molar-refractivity contribution in [2.45, 2.75) is 33.1 Å². The number of para-hydroxylation sites is 1. The number of fused-ring (bicyclic) bond motifs is 1. The number of rotatable bonds is 3. The van der Waals surface area contributed by atoms with E-state index >= 15 is 0 Å². The van der Waals surface area contributed by atoms with Crippen LogP contribution in [0.5, 0.6) is 0 Å². The van der Waals surface area contributed by atoms with E-state index in [1.54, 1.807) is 0 Å². The number of amides is 1. The van der Waals surface area contributed by atoms with Crippen molar-refractivity contribution in [1.82, 2.24) is 9.78 Å². The lowest BCUT2D eigenvalue weighted by Gasteiger charge is -2.12. The number of aromatic nitrogens is 2. The quantitative estimate of drug-likeness (QED) is 0.781. The number of nitrogens with one attached hydrogen (secondary N) is 1. The van der Waals surface area contributed by atoms with Crippen LogP contribution in [0, 0.1) is 13.8 Å². The van der Waals surface area contributed by atoms with Gasteiger partial charge in [-0.25, -0.2) is 4.68 Å². The van der Waals surface area contributed by atoms with E-state index in [0.717, 1.165) is 47.6 Å². The summed E-state index contributed by atoms with van der Waals surface area (Å²) in [7, 11) is 0. The fourth-order valence-electron chi connectivity index (χ4n) is 3.56. The van der Waals surface area contributed by atoms with E-state index in [0.29, 0.717) is 5.56 Å². The first-order chi connectivity index (χ1) is 12.1. The molecule has 4 rings (SSSR count). The van der Waals surface area contributed by atoms with Gasteiger partial charge in [-0.3, -0.25) is 4.79 Å². The lowest BCUT2D eigenvalue weighted by atomic mass is 10.1. The highest BCUT2D eigenvalue weighted by Gasteiger charge is 2.24. The molecule has 126 valence electrons. The maximum Gasteiger partial charge on any atom is 0.256 e. The van der Waals surface area contributed by atoms with Crippen LogP contribution in [0.3, 0.4) is 0 Å². The second-order valence-corrected chi connectivity index (χ2v) is 6.71. The summed E-state index contributed by atoms with van der Waals surface area (Å²) in [4.78, 5) is 12.8. The number of benzene rings is 2. The smallest absolute Gasteiger partial charge is 0.256 e. The number of carbonyl (C=O) groups is 1. The van der Waals surface area contributed by atoms with Gasteiger partial charge in [-0.15, -0.1) is 0 Å². The molecule has 0 spiro atoms. The van der Waals surface area contributed by atoms with Crippen LogP contribution in [0.2, 0.25) is 0 Å². The van der Waals surface area contributed by atoms with Gasteiger partial charge in [-0.05, 0) is 57.4 Å². The number of hydrogen-bond acceptors (Lipinski definition) is 2. The SMILES string of the molecule is Cc1cc(C)cc(C(=O)Nc2c3c(nn2-c2ccccc2)CCC3)c1. The number of anilines is 1. The van der Waals surface area contributed by atoms with E-state index in [1.807, 2.05) is 61.0 Å². The summed E-state index contributed by atoms with van der Waals surface area (Å²) >= 11 is 0. The first-order valence-corrected chi connectivity index (χ1v) is 8.67. The standard InChI is InChI=1S/C21H21N3O/c1-14-11-15(2)13-16(12-14)21(25)22-20-18-9-6-10-19(18)23-24(20)17-7-4-3-5-8-17/h3-5,7-8,11-13H,6,9-10H2,1-2H3,(H,22,25). The molecule has 1 aromatic heterocycles. The lowest BCUT2D eigenvalue weighted by molar-refractivity contribution is 0.102. The first-order valence-electron chi connectivity index (χ1n) is 8.67. The van der Waals surface area contributed by atoms with E-state index in [4.69, 9.17) is 5.10 Å². The van der Waals surface area contributed by atoms with Gasteiger partial charge in [0.25, 0.3) is 5.91 Å². The molecule has 2 aromatic carbocycles. The van der Waals surface area contributed by atoms with Crippen LogP contribution >= 0.6 is 0 Å². The molecular weight excluding hydrogens is 310 g/mol. The minimum atomic E-state index is -0.0846. The number of nitrogens with zero attached hydrogens (tertiary/aromatic N) is 2. The molecule has 1 aliphatic carbocycles. The van der Waals surface area contributed by atoms with Gasteiger partial charge in [-0.2, -0.15) is 5.10 Å². The Hall–Kier alpha value is -2.88. The zero-order valence-electron chi connectivity index (χ0n) is 14.5. The Morgan fingerprint density at radius 3 is 2.48 bits per heavy atom. The van der Waals surface area contributed by atoms with Crippen molar-refractivity contribution in [3.8, 4) is 5.69 Å². The van der Waals surface area contributed by atoms with E-state index in [2.05, 4.69) is 11.4 Å². The predicted octanol–water partition coefficient (Wildman–Crippen LogP) is 4.23. The highest BCUT2D eigenvalue weighted by molar-refractivity contribution is 6.04. The molecule has 0 bridgehead atoms. The van der Waals surface area contributed by atoms with E-state index in [-0.39, 0.29) is 5.91 Å². The molecule has 25 heavy (non-hydrogen) atoms. The molecule has 1 N–H and O–H groups in total. The fourth-order valence-corrected chi connectivity index (χ4v) is 3.56. The number of carbonyl (C=O) groups excluding carboxylic acids is 1. The summed E-state index contributed by atoms with van der Waals surface area (Å²) in [5.74, 6) is 0.724. The van der Waals surface area contributed by atoms with Gasteiger partial charge in [-0.1, -0.05) is 35.4 Å². The summed E-state index contributed by atoms with van der Waals surface area (Å²) in [6, 6.07) is 15.9. The molecular formula is C21H21N3O. The molecule has 1 heterocycles. The van der Waals surface area contributed by atoms with Crippen molar-refractivity contribution in [2.24, 2.45) is 0 Å². The van der Waals surface area contributed by atoms with E-state index in [9.17, 15) is 4.79 Å².